The Morgan fingerprint density at radius 2 is 1.73 bits per heavy atom. The van der Waals surface area contributed by atoms with E-state index in [0.29, 0.717) is 78.9 Å². The molecular formula is C34H41FN8O5. The lowest BCUT2D eigenvalue weighted by atomic mass is 10.1. The van der Waals surface area contributed by atoms with Crippen LogP contribution in [0, 0.1) is 5.82 Å². The molecule has 3 N–H and O–H groups in total. The first kappa shape index (κ1) is 32.6. The number of benzene rings is 3. The Hall–Kier alpha value is -5.37. The van der Waals surface area contributed by atoms with Gasteiger partial charge in [-0.1, -0.05) is 12.1 Å². The summed E-state index contributed by atoms with van der Waals surface area (Å²) in [5.41, 5.74) is 6.97. The van der Waals surface area contributed by atoms with E-state index in [2.05, 4.69) is 5.32 Å². The number of urea groups is 2. The predicted octanol–water partition coefficient (Wildman–Crippen LogP) is 4.01. The predicted molar refractivity (Wildman–Crippen MR) is 183 cm³/mol. The van der Waals surface area contributed by atoms with Crippen LogP contribution in [0.3, 0.4) is 0 Å². The molecule has 0 spiro atoms. The zero-order chi connectivity index (χ0) is 33.9. The van der Waals surface area contributed by atoms with Gasteiger partial charge in [0.25, 0.3) is 5.56 Å². The number of carbonyl (C=O) groups excluding carboxylic acids is 2. The van der Waals surface area contributed by atoms with Crippen molar-refractivity contribution >= 4 is 34.3 Å². The number of halogens is 1. The van der Waals surface area contributed by atoms with Crippen LogP contribution in [0.5, 0.6) is 11.5 Å². The van der Waals surface area contributed by atoms with Crippen LogP contribution in [0.2, 0.25) is 0 Å². The van der Waals surface area contributed by atoms with Crippen LogP contribution in [-0.4, -0.2) is 91.1 Å². The molecule has 48 heavy (non-hydrogen) atoms. The Morgan fingerprint density at radius 3 is 2.40 bits per heavy atom. The summed E-state index contributed by atoms with van der Waals surface area (Å²) in [6.45, 7) is 4.42. The molecule has 1 unspecified atom stereocenters. The van der Waals surface area contributed by atoms with Crippen LogP contribution in [0.15, 0.2) is 71.5 Å². The number of aromatic nitrogens is 2. The van der Waals surface area contributed by atoms with Gasteiger partial charge in [0.2, 0.25) is 0 Å². The third-order valence-corrected chi connectivity index (χ3v) is 8.81. The minimum Gasteiger partial charge on any atom is -0.497 e. The highest BCUT2D eigenvalue weighted by Crippen LogP contribution is 2.37. The van der Waals surface area contributed by atoms with E-state index < -0.39 is 17.9 Å². The molecule has 4 amide bonds. The van der Waals surface area contributed by atoms with Gasteiger partial charge in [-0.2, -0.15) is 0 Å². The minimum atomic E-state index is -0.837. The van der Waals surface area contributed by atoms with Gasteiger partial charge in [-0.15, -0.1) is 0 Å². The van der Waals surface area contributed by atoms with Gasteiger partial charge >= 0.3 is 12.1 Å². The van der Waals surface area contributed by atoms with Crippen LogP contribution in [0.1, 0.15) is 26.6 Å². The first-order valence-corrected chi connectivity index (χ1v) is 15.8. The highest BCUT2D eigenvalue weighted by Gasteiger charge is 2.34. The average Bonchev–Trinajstić information content (AvgIpc) is 3.55. The lowest BCUT2D eigenvalue weighted by Gasteiger charge is -2.40. The Morgan fingerprint density at radius 1 is 1.00 bits per heavy atom. The summed E-state index contributed by atoms with van der Waals surface area (Å²) in [7, 11) is 3.01. The molecule has 0 saturated carbocycles. The number of nitrogens with zero attached hydrogens (tertiary/aromatic N) is 6. The summed E-state index contributed by atoms with van der Waals surface area (Å²) in [6, 6.07) is 16.0. The van der Waals surface area contributed by atoms with Crippen molar-refractivity contribution in [3.63, 3.8) is 0 Å². The average molecular weight is 661 g/mol. The van der Waals surface area contributed by atoms with Crippen molar-refractivity contribution < 1.29 is 24.9 Å². The maximum atomic E-state index is 14.3. The van der Waals surface area contributed by atoms with Crippen molar-refractivity contribution in [1.29, 1.82) is 0 Å². The van der Waals surface area contributed by atoms with Crippen molar-refractivity contribution in [2.75, 3.05) is 68.7 Å². The number of anilines is 2. The number of para-hydroxylation sites is 1. The molecule has 3 aromatic carbocycles. The molecule has 2 saturated heterocycles. The van der Waals surface area contributed by atoms with Crippen molar-refractivity contribution in [3.8, 4) is 11.5 Å². The number of ether oxygens (including phenoxy) is 2. The molecule has 2 aliphatic rings. The number of nitrogens with one attached hydrogen (secondary N) is 1. The third kappa shape index (κ3) is 6.43. The molecule has 14 heteroatoms. The fraction of sp³-hybridized carbons (Fsp3) is 0.353. The first-order chi connectivity index (χ1) is 23.2. The number of piperazine rings is 1. The summed E-state index contributed by atoms with van der Waals surface area (Å²) >= 11 is 0. The highest BCUT2D eigenvalue weighted by molar-refractivity contribution is 6.03. The van der Waals surface area contributed by atoms with Gasteiger partial charge in [0.1, 0.15) is 17.3 Å². The maximum Gasteiger partial charge on any atom is 0.327 e. The zero-order valence-electron chi connectivity index (χ0n) is 27.1. The van der Waals surface area contributed by atoms with Crippen LogP contribution in [0.4, 0.5) is 25.4 Å². The van der Waals surface area contributed by atoms with Crippen molar-refractivity contribution in [1.82, 2.24) is 19.5 Å². The number of carbonyl (C=O) groups is 2. The van der Waals surface area contributed by atoms with Crippen molar-refractivity contribution in [2.24, 2.45) is 5.73 Å². The molecule has 13 nitrogen and oxygen atoms in total. The summed E-state index contributed by atoms with van der Waals surface area (Å²) in [6.07, 6.45) is 0.773. The Kier molecular flexibility index (Phi) is 9.35. The third-order valence-electron chi connectivity index (χ3n) is 8.81. The van der Waals surface area contributed by atoms with Gasteiger partial charge in [0, 0.05) is 45.4 Å². The Balaban J connectivity index is 0.00000468. The molecule has 2 fully saturated rings. The number of amides is 4. The molecule has 0 radical (unpaired) electrons. The Labute approximate surface area is 278 Å². The van der Waals surface area contributed by atoms with E-state index in [1.54, 1.807) is 59.2 Å². The van der Waals surface area contributed by atoms with Crippen LogP contribution in [0.25, 0.3) is 10.9 Å². The van der Waals surface area contributed by atoms with Gasteiger partial charge in [-0.25, -0.2) is 23.6 Å². The Bertz CT molecular complexity index is 1870. The smallest absolute Gasteiger partial charge is 0.327 e. The molecular weight excluding hydrogens is 619 g/mol. The second-order valence-electron chi connectivity index (χ2n) is 11.8. The molecule has 1 aromatic heterocycles. The SMILES string of the molecule is COc1ccc(N(C(=O)Nc2ccc(F)cc2)C(C)c2nc3ccccc3c(=O)n2N2CCN(C(=O)N3CC[C@H](N)C3)CC2)c(OC)c1.[HH]. The van der Waals surface area contributed by atoms with E-state index in [1.165, 1.54) is 48.1 Å². The maximum absolute atomic E-state index is 14.3. The number of rotatable bonds is 7. The van der Waals surface area contributed by atoms with E-state index in [-0.39, 0.29) is 19.1 Å². The molecule has 254 valence electrons. The zero-order valence-corrected chi connectivity index (χ0v) is 27.1. The molecule has 0 aliphatic carbocycles. The monoisotopic (exact) mass is 660 g/mol. The fourth-order valence-electron chi connectivity index (χ4n) is 6.24. The minimum absolute atomic E-state index is 0. The van der Waals surface area contributed by atoms with Crippen LogP contribution in [-0.2, 0) is 0 Å². The molecule has 2 atom stereocenters. The van der Waals surface area contributed by atoms with E-state index in [0.717, 1.165) is 6.42 Å². The van der Waals surface area contributed by atoms with Gasteiger partial charge in [0.05, 0.1) is 49.9 Å². The van der Waals surface area contributed by atoms with Gasteiger partial charge in [-0.05, 0) is 61.9 Å². The largest absolute Gasteiger partial charge is 0.497 e. The van der Waals surface area contributed by atoms with Gasteiger partial charge in [0.15, 0.2) is 5.82 Å². The van der Waals surface area contributed by atoms with Crippen LogP contribution >= 0.6 is 0 Å². The molecule has 2 aliphatic heterocycles. The first-order valence-electron chi connectivity index (χ1n) is 15.8. The summed E-state index contributed by atoms with van der Waals surface area (Å²) in [4.78, 5) is 51.6. The normalized spacial score (nSPS) is 16.9. The lowest BCUT2D eigenvalue weighted by Crippen LogP contribution is -2.58. The molecule has 0 bridgehead atoms. The van der Waals surface area contributed by atoms with E-state index >= 15 is 0 Å². The van der Waals surface area contributed by atoms with Gasteiger partial charge < -0.3 is 35.3 Å². The van der Waals surface area contributed by atoms with E-state index in [4.69, 9.17) is 20.2 Å². The summed E-state index contributed by atoms with van der Waals surface area (Å²) in [5.74, 6) is 0.728. The topological polar surface area (TPSA) is 138 Å². The fourth-order valence-corrected chi connectivity index (χ4v) is 6.24. The number of fused-ring (bicyclic) bond motifs is 1. The standard InChI is InChI=1S/C34H39FN8O5.H2/c1-22(42(29-13-12-26(47-2)20-30(29)48-3)33(45)37-25-10-8-23(35)9-11-25)31-38-28-7-5-4-6-27(28)32(44)43(31)41-18-16-39(17-19-41)34(46)40-15-14-24(36)21-40;/h4-13,20,22,24H,14-19,21,36H2,1-3H3,(H,37,45);1H/t22?,24-;/m0./s1. The number of methoxy groups -OCH3 is 2. The van der Waals surface area contributed by atoms with E-state index in [9.17, 15) is 18.8 Å². The summed E-state index contributed by atoms with van der Waals surface area (Å²) in [5, 5.41) is 5.13. The second kappa shape index (κ2) is 13.8. The van der Waals surface area contributed by atoms with Crippen molar-refractivity contribution in [2.45, 2.75) is 25.4 Å². The molecule has 3 heterocycles. The van der Waals surface area contributed by atoms with Gasteiger partial charge in [-0.3, -0.25) is 9.69 Å². The molecule has 6 rings (SSSR count). The number of nitrogens with two attached hydrogens (primary N) is 1. The van der Waals surface area contributed by atoms with Crippen LogP contribution < -0.4 is 36.0 Å². The lowest BCUT2D eigenvalue weighted by molar-refractivity contribution is 0.155. The van der Waals surface area contributed by atoms with E-state index in [1.807, 2.05) is 5.01 Å². The molecule has 4 aromatic rings. The quantitative estimate of drug-likeness (QED) is 0.304. The summed E-state index contributed by atoms with van der Waals surface area (Å²) < 4.78 is 26.3. The second-order valence-corrected chi connectivity index (χ2v) is 11.8. The number of hydrogen-bond acceptors (Lipinski definition) is 8. The highest BCUT2D eigenvalue weighted by atomic mass is 19.1. The number of hydrogen-bond donors (Lipinski definition) is 2. The number of likely N-dealkylation sites (tertiary alicyclic amines) is 1. The van der Waals surface area contributed by atoms with Crippen molar-refractivity contribution in [3.05, 3.63) is 88.7 Å².